The van der Waals surface area contributed by atoms with Crippen LogP contribution < -0.4 is 0 Å². The van der Waals surface area contributed by atoms with Crippen LogP contribution in [0.15, 0.2) is 66.7 Å². The van der Waals surface area contributed by atoms with Gasteiger partial charge in [-0.2, -0.15) is 0 Å². The fraction of sp³-hybridized carbons (Fsp3) is 0.143. The van der Waals surface area contributed by atoms with Crippen LogP contribution >= 0.6 is 11.6 Å². The maximum absolute atomic E-state index is 6.54. The molecule has 0 fully saturated rings. The van der Waals surface area contributed by atoms with Gasteiger partial charge < -0.3 is 0 Å². The molecule has 0 aliphatic heterocycles. The summed E-state index contributed by atoms with van der Waals surface area (Å²) in [6.07, 6.45) is 0. The van der Waals surface area contributed by atoms with Gasteiger partial charge in [-0.3, -0.25) is 0 Å². The van der Waals surface area contributed by atoms with E-state index in [1.54, 1.807) is 0 Å². The van der Waals surface area contributed by atoms with Gasteiger partial charge in [0.1, 0.15) is 0 Å². The molecule has 0 heterocycles. The molecular weight excluding hydrogens is 288 g/mol. The summed E-state index contributed by atoms with van der Waals surface area (Å²) in [6, 6.07) is 23.4. The summed E-state index contributed by atoms with van der Waals surface area (Å²) in [5.41, 5.74) is 7.68. The largest absolute Gasteiger partial charge is 0.0840 e. The van der Waals surface area contributed by atoms with Crippen molar-refractivity contribution in [3.63, 3.8) is 0 Å². The first-order valence-corrected chi connectivity index (χ1v) is 7.97. The van der Waals surface area contributed by atoms with Crippen molar-refractivity contribution in [2.45, 2.75) is 19.3 Å². The summed E-state index contributed by atoms with van der Waals surface area (Å²) in [5, 5.41) is 0.859. The first-order chi connectivity index (χ1) is 10.6. The van der Waals surface area contributed by atoms with Crippen LogP contribution in [0.1, 0.15) is 25.0 Å². The highest BCUT2D eigenvalue weighted by molar-refractivity contribution is 6.32. The van der Waals surface area contributed by atoms with Crippen molar-refractivity contribution in [1.82, 2.24) is 0 Å². The molecule has 108 valence electrons. The maximum Gasteiger partial charge on any atom is 0.0453 e. The monoisotopic (exact) mass is 304 g/mol. The predicted octanol–water partition coefficient (Wildman–Crippen LogP) is 6.31. The Morgan fingerprint density at radius 3 is 1.95 bits per heavy atom. The van der Waals surface area contributed by atoms with Crippen LogP contribution in [0.4, 0.5) is 0 Å². The fourth-order valence-electron chi connectivity index (χ4n) is 3.82. The highest BCUT2D eigenvalue weighted by Gasteiger charge is 2.38. The minimum atomic E-state index is -0.0879. The van der Waals surface area contributed by atoms with E-state index in [0.29, 0.717) is 0 Å². The van der Waals surface area contributed by atoms with Crippen molar-refractivity contribution in [2.75, 3.05) is 0 Å². The average molecular weight is 305 g/mol. The van der Waals surface area contributed by atoms with Gasteiger partial charge in [0.25, 0.3) is 0 Å². The van der Waals surface area contributed by atoms with Crippen molar-refractivity contribution in [3.05, 3.63) is 82.9 Å². The van der Waals surface area contributed by atoms with Crippen molar-refractivity contribution in [1.29, 1.82) is 0 Å². The molecule has 1 aliphatic rings. The third-order valence-electron chi connectivity index (χ3n) is 4.70. The Hall–Kier alpha value is -2.05. The number of fused-ring (bicyclic) bond motifs is 3. The van der Waals surface area contributed by atoms with Gasteiger partial charge in [-0.25, -0.2) is 0 Å². The van der Waals surface area contributed by atoms with E-state index >= 15 is 0 Å². The predicted molar refractivity (Wildman–Crippen MR) is 94.5 cm³/mol. The highest BCUT2D eigenvalue weighted by atomic mass is 35.5. The number of halogens is 1. The van der Waals surface area contributed by atoms with Crippen molar-refractivity contribution in [2.24, 2.45) is 0 Å². The van der Waals surface area contributed by atoms with E-state index in [-0.39, 0.29) is 5.41 Å². The first kappa shape index (κ1) is 13.6. The number of rotatable bonds is 1. The SMILES string of the molecule is CC1(C)c2c(Cl)cccc2-c2cccc(-c3ccccc3)c21. The van der Waals surface area contributed by atoms with E-state index in [0.717, 1.165) is 5.02 Å². The second-order valence-corrected chi connectivity index (χ2v) is 6.79. The molecule has 0 saturated heterocycles. The highest BCUT2D eigenvalue weighted by Crippen LogP contribution is 2.53. The van der Waals surface area contributed by atoms with Gasteiger partial charge in [-0.15, -0.1) is 0 Å². The molecule has 1 heteroatoms. The van der Waals surface area contributed by atoms with Gasteiger partial charge >= 0.3 is 0 Å². The summed E-state index contributed by atoms with van der Waals surface area (Å²) in [5.74, 6) is 0. The van der Waals surface area contributed by atoms with E-state index in [1.165, 1.54) is 33.4 Å². The second kappa shape index (κ2) is 4.72. The van der Waals surface area contributed by atoms with E-state index < -0.39 is 0 Å². The molecule has 0 atom stereocenters. The van der Waals surface area contributed by atoms with Gasteiger partial charge in [0, 0.05) is 10.4 Å². The standard InChI is InChI=1S/C21H17Cl/c1-21(2)19-15(14-8-4-3-5-9-14)10-6-11-16(19)17-12-7-13-18(22)20(17)21/h3-13H,1-2H3. The molecule has 3 aromatic rings. The average Bonchev–Trinajstić information content (AvgIpc) is 2.78. The minimum Gasteiger partial charge on any atom is -0.0840 e. The molecular formula is C21H17Cl. The molecule has 22 heavy (non-hydrogen) atoms. The Kier molecular flexibility index (Phi) is 2.92. The van der Waals surface area contributed by atoms with E-state index in [9.17, 15) is 0 Å². The van der Waals surface area contributed by atoms with Crippen LogP contribution in [0.25, 0.3) is 22.3 Å². The van der Waals surface area contributed by atoms with Gasteiger partial charge in [0.15, 0.2) is 0 Å². The maximum atomic E-state index is 6.54. The lowest BCUT2D eigenvalue weighted by Gasteiger charge is -2.25. The topological polar surface area (TPSA) is 0 Å². The Labute approximate surface area is 136 Å². The molecule has 0 aromatic heterocycles. The summed E-state index contributed by atoms with van der Waals surface area (Å²) in [4.78, 5) is 0. The Bertz CT molecular complexity index is 860. The molecule has 0 nitrogen and oxygen atoms in total. The normalized spacial score (nSPS) is 14.5. The smallest absolute Gasteiger partial charge is 0.0453 e. The van der Waals surface area contributed by atoms with Crippen LogP contribution in [0.2, 0.25) is 5.02 Å². The minimum absolute atomic E-state index is 0.0879. The molecule has 0 unspecified atom stereocenters. The van der Waals surface area contributed by atoms with Crippen LogP contribution in [0.3, 0.4) is 0 Å². The molecule has 0 amide bonds. The van der Waals surface area contributed by atoms with Crippen molar-refractivity contribution >= 4 is 11.6 Å². The molecule has 0 saturated carbocycles. The molecule has 3 aromatic carbocycles. The zero-order valence-electron chi connectivity index (χ0n) is 12.7. The third-order valence-corrected chi connectivity index (χ3v) is 5.02. The molecule has 0 N–H and O–H groups in total. The zero-order chi connectivity index (χ0) is 15.3. The number of hydrogen-bond acceptors (Lipinski definition) is 0. The van der Waals surface area contributed by atoms with Gasteiger partial charge in [0.2, 0.25) is 0 Å². The summed E-state index contributed by atoms with van der Waals surface area (Å²) in [6.45, 7) is 4.55. The van der Waals surface area contributed by atoms with Gasteiger partial charge in [0.05, 0.1) is 0 Å². The summed E-state index contributed by atoms with van der Waals surface area (Å²) in [7, 11) is 0. The van der Waals surface area contributed by atoms with E-state index in [4.69, 9.17) is 11.6 Å². The number of hydrogen-bond donors (Lipinski definition) is 0. The van der Waals surface area contributed by atoms with Crippen LogP contribution in [-0.2, 0) is 5.41 Å². The van der Waals surface area contributed by atoms with Gasteiger partial charge in [-0.1, -0.05) is 86.1 Å². The van der Waals surface area contributed by atoms with E-state index in [1.807, 2.05) is 12.1 Å². The van der Waals surface area contributed by atoms with Crippen LogP contribution in [-0.4, -0.2) is 0 Å². The lowest BCUT2D eigenvalue weighted by Crippen LogP contribution is -2.16. The van der Waals surface area contributed by atoms with Crippen LogP contribution in [0.5, 0.6) is 0 Å². The van der Waals surface area contributed by atoms with Crippen LogP contribution in [0, 0.1) is 0 Å². The molecule has 4 rings (SSSR count). The van der Waals surface area contributed by atoms with Crippen molar-refractivity contribution < 1.29 is 0 Å². The third kappa shape index (κ3) is 1.77. The Balaban J connectivity index is 2.07. The first-order valence-electron chi connectivity index (χ1n) is 7.59. The molecule has 0 bridgehead atoms. The quantitative estimate of drug-likeness (QED) is 0.494. The number of benzene rings is 3. The van der Waals surface area contributed by atoms with E-state index in [2.05, 4.69) is 68.4 Å². The van der Waals surface area contributed by atoms with Gasteiger partial charge in [-0.05, 0) is 39.4 Å². The second-order valence-electron chi connectivity index (χ2n) is 6.38. The van der Waals surface area contributed by atoms with Crippen molar-refractivity contribution in [3.8, 4) is 22.3 Å². The Morgan fingerprint density at radius 1 is 0.636 bits per heavy atom. The lowest BCUT2D eigenvalue weighted by atomic mass is 9.79. The zero-order valence-corrected chi connectivity index (χ0v) is 13.5. The summed E-state index contributed by atoms with van der Waals surface area (Å²) < 4.78 is 0. The molecule has 0 radical (unpaired) electrons. The Morgan fingerprint density at radius 2 is 1.23 bits per heavy atom. The summed E-state index contributed by atoms with van der Waals surface area (Å²) >= 11 is 6.54. The molecule has 1 aliphatic carbocycles. The lowest BCUT2D eigenvalue weighted by molar-refractivity contribution is 0.662. The fourth-order valence-corrected chi connectivity index (χ4v) is 4.23. The molecule has 0 spiro atoms.